The van der Waals surface area contributed by atoms with E-state index in [1.165, 1.54) is 26.8 Å². The first-order chi connectivity index (χ1) is 17.6. The Kier molecular flexibility index (Phi) is 9.03. The van der Waals surface area contributed by atoms with Crippen molar-refractivity contribution in [2.45, 2.75) is 19.8 Å². The minimum absolute atomic E-state index is 0.102. The zero-order chi connectivity index (χ0) is 25.2. The molecule has 0 fully saturated rings. The maximum absolute atomic E-state index is 10.8. The normalized spacial score (nSPS) is 11.7. The Labute approximate surface area is 219 Å². The third-order valence-electron chi connectivity index (χ3n) is 5.34. The number of non-ortho nitro benzene ring substituents is 1. The summed E-state index contributed by atoms with van der Waals surface area (Å²) in [5, 5.41) is 10.8. The Balaban J connectivity index is 1.31. The molecule has 0 N–H and O–H groups in total. The molecule has 0 spiro atoms. The Morgan fingerprint density at radius 2 is 1.14 bits per heavy atom. The van der Waals surface area contributed by atoms with Crippen molar-refractivity contribution in [3.05, 3.63) is 114 Å². The monoisotopic (exact) mass is 513 g/mol. The molecule has 0 saturated carbocycles. The molecule has 4 nitrogen and oxygen atoms in total. The smallest absolute Gasteiger partial charge is 0.269 e. The number of ether oxygens (including phenoxy) is 1. The van der Waals surface area contributed by atoms with Crippen LogP contribution in [0.1, 0.15) is 50.4 Å². The van der Waals surface area contributed by atoms with Crippen LogP contribution in [0.2, 0.25) is 0 Å². The Morgan fingerprint density at radius 3 is 1.58 bits per heavy atom. The molecule has 0 saturated heterocycles. The maximum Gasteiger partial charge on any atom is 0.269 e. The molecule has 2 aromatic heterocycles. The van der Waals surface area contributed by atoms with Gasteiger partial charge in [0, 0.05) is 31.6 Å². The van der Waals surface area contributed by atoms with Crippen LogP contribution in [0.3, 0.4) is 0 Å². The van der Waals surface area contributed by atoms with Crippen LogP contribution in [0.15, 0.2) is 72.8 Å². The van der Waals surface area contributed by atoms with E-state index in [1.54, 1.807) is 34.8 Å². The highest BCUT2D eigenvalue weighted by Gasteiger charge is 2.02. The summed E-state index contributed by atoms with van der Waals surface area (Å²) in [6, 6.07) is 23.2. The fourth-order valence-corrected chi connectivity index (χ4v) is 4.97. The molecule has 0 radical (unpaired) electrons. The molecule has 0 aliphatic rings. The van der Waals surface area contributed by atoms with Crippen molar-refractivity contribution in [1.82, 2.24) is 0 Å². The predicted molar refractivity (Wildman–Crippen MR) is 155 cm³/mol. The summed E-state index contributed by atoms with van der Waals surface area (Å²) in [5.74, 6) is 0.919. The van der Waals surface area contributed by atoms with E-state index in [2.05, 4.69) is 67.6 Å². The number of rotatable bonds is 11. The number of thiophene rings is 2. The Bertz CT molecular complexity index is 1360. The number of nitro groups is 1. The molecule has 6 heteroatoms. The lowest BCUT2D eigenvalue weighted by Gasteiger charge is -2.04. The first kappa shape index (κ1) is 25.4. The van der Waals surface area contributed by atoms with Gasteiger partial charge in [-0.2, -0.15) is 0 Å². The quantitative estimate of drug-likeness (QED) is 0.114. The third kappa shape index (κ3) is 7.63. The van der Waals surface area contributed by atoms with Gasteiger partial charge in [0.1, 0.15) is 5.75 Å². The molecular weight excluding hydrogens is 486 g/mol. The summed E-state index contributed by atoms with van der Waals surface area (Å²) in [6.07, 6.45) is 14.7. The minimum atomic E-state index is -0.387. The molecule has 4 aromatic rings. The summed E-state index contributed by atoms with van der Waals surface area (Å²) in [7, 11) is 0. The molecule has 2 heterocycles. The van der Waals surface area contributed by atoms with Crippen molar-refractivity contribution in [3.63, 3.8) is 0 Å². The number of nitrogens with zero attached hydrogens (tertiary/aromatic N) is 1. The van der Waals surface area contributed by atoms with Gasteiger partial charge in [-0.05, 0) is 90.4 Å². The van der Waals surface area contributed by atoms with Crippen molar-refractivity contribution in [3.8, 4) is 5.75 Å². The zero-order valence-corrected chi connectivity index (χ0v) is 21.6. The molecule has 0 amide bonds. The molecule has 0 aliphatic carbocycles. The van der Waals surface area contributed by atoms with Gasteiger partial charge in [0.05, 0.1) is 11.5 Å². The van der Waals surface area contributed by atoms with Crippen LogP contribution in [0, 0.1) is 10.1 Å². The van der Waals surface area contributed by atoms with Crippen molar-refractivity contribution in [2.75, 3.05) is 6.61 Å². The SMILES string of the molecule is CCCCOc1ccc(/C=C/c2ccc(/C=C/c3ccc(/C=C/c4ccc([N+](=O)[O-])cc4)s3)s2)cc1. The van der Waals surface area contributed by atoms with Gasteiger partial charge >= 0.3 is 0 Å². The molecule has 0 atom stereocenters. The van der Waals surface area contributed by atoms with E-state index >= 15 is 0 Å². The van der Waals surface area contributed by atoms with Crippen LogP contribution in [0.5, 0.6) is 5.75 Å². The summed E-state index contributed by atoms with van der Waals surface area (Å²) in [4.78, 5) is 15.1. The third-order valence-corrected chi connectivity index (χ3v) is 7.37. The van der Waals surface area contributed by atoms with Crippen molar-refractivity contribution in [1.29, 1.82) is 0 Å². The summed E-state index contributed by atoms with van der Waals surface area (Å²) in [6.45, 7) is 2.93. The van der Waals surface area contributed by atoms with Gasteiger partial charge in [-0.1, -0.05) is 37.6 Å². The highest BCUT2D eigenvalue weighted by Crippen LogP contribution is 2.25. The summed E-state index contributed by atoms with van der Waals surface area (Å²) in [5.41, 5.74) is 2.18. The zero-order valence-electron chi connectivity index (χ0n) is 20.0. The van der Waals surface area contributed by atoms with Gasteiger partial charge in [-0.25, -0.2) is 0 Å². The highest BCUT2D eigenvalue weighted by molar-refractivity contribution is 7.14. The highest BCUT2D eigenvalue weighted by atomic mass is 32.1. The Hall–Kier alpha value is -3.74. The lowest BCUT2D eigenvalue weighted by molar-refractivity contribution is -0.384. The average molecular weight is 514 g/mol. The second-order valence-electron chi connectivity index (χ2n) is 8.10. The molecule has 0 bridgehead atoms. The second kappa shape index (κ2) is 12.8. The molecule has 0 aliphatic heterocycles. The van der Waals surface area contributed by atoms with Crippen LogP contribution in [-0.2, 0) is 0 Å². The Morgan fingerprint density at radius 1 is 0.694 bits per heavy atom. The maximum atomic E-state index is 10.8. The van der Waals surface area contributed by atoms with Crippen molar-refractivity contribution < 1.29 is 9.66 Å². The van der Waals surface area contributed by atoms with Crippen LogP contribution in [-0.4, -0.2) is 11.5 Å². The summed E-state index contributed by atoms with van der Waals surface area (Å²) >= 11 is 3.45. The van der Waals surface area contributed by atoms with Gasteiger partial charge in [-0.3, -0.25) is 10.1 Å². The van der Waals surface area contributed by atoms with Gasteiger partial charge < -0.3 is 4.74 Å². The van der Waals surface area contributed by atoms with Crippen LogP contribution in [0.4, 0.5) is 5.69 Å². The first-order valence-electron chi connectivity index (χ1n) is 11.8. The molecular formula is C30H27NO3S2. The van der Waals surface area contributed by atoms with Gasteiger partial charge in [0.15, 0.2) is 0 Å². The second-order valence-corrected chi connectivity index (χ2v) is 10.4. The predicted octanol–water partition coefficient (Wildman–Crippen LogP) is 9.41. The average Bonchev–Trinajstić information content (AvgIpc) is 3.55. The first-order valence-corrected chi connectivity index (χ1v) is 13.4. The molecule has 36 heavy (non-hydrogen) atoms. The van der Waals surface area contributed by atoms with E-state index in [1.807, 2.05) is 24.3 Å². The number of hydrogen-bond donors (Lipinski definition) is 0. The topological polar surface area (TPSA) is 52.4 Å². The van der Waals surface area contributed by atoms with Crippen LogP contribution in [0.25, 0.3) is 36.5 Å². The van der Waals surface area contributed by atoms with Gasteiger partial charge in [0.25, 0.3) is 5.69 Å². The lowest BCUT2D eigenvalue weighted by atomic mass is 10.2. The van der Waals surface area contributed by atoms with Crippen molar-refractivity contribution >= 4 is 64.8 Å². The molecule has 2 aromatic carbocycles. The minimum Gasteiger partial charge on any atom is -0.494 e. The number of unbranched alkanes of at least 4 members (excludes halogenated alkanes) is 1. The van der Waals surface area contributed by atoms with E-state index in [0.717, 1.165) is 41.2 Å². The largest absolute Gasteiger partial charge is 0.494 e. The fourth-order valence-electron chi connectivity index (χ4n) is 3.33. The summed E-state index contributed by atoms with van der Waals surface area (Å²) < 4.78 is 5.72. The fraction of sp³-hybridized carbons (Fsp3) is 0.133. The molecule has 4 rings (SSSR count). The number of nitro benzene ring substituents is 1. The van der Waals surface area contributed by atoms with E-state index in [-0.39, 0.29) is 10.6 Å². The lowest BCUT2D eigenvalue weighted by Crippen LogP contribution is -1.95. The van der Waals surface area contributed by atoms with Gasteiger partial charge in [-0.15, -0.1) is 22.7 Å². The van der Waals surface area contributed by atoms with E-state index < -0.39 is 0 Å². The molecule has 182 valence electrons. The van der Waals surface area contributed by atoms with Crippen molar-refractivity contribution in [2.24, 2.45) is 0 Å². The van der Waals surface area contributed by atoms with Crippen LogP contribution >= 0.6 is 22.7 Å². The van der Waals surface area contributed by atoms with E-state index in [9.17, 15) is 10.1 Å². The number of hydrogen-bond acceptors (Lipinski definition) is 5. The standard InChI is InChI=1S/C30H27NO3S2/c1-2-3-22-34-26-12-6-24(7-13-26)9-15-28-17-19-30(36-28)21-20-29-18-16-27(35-29)14-8-23-4-10-25(11-5-23)31(32)33/h4-21H,2-3,22H2,1H3/b14-8+,15-9+,21-20+. The van der Waals surface area contributed by atoms with Gasteiger partial charge in [0.2, 0.25) is 0 Å². The van der Waals surface area contributed by atoms with E-state index in [0.29, 0.717) is 0 Å². The molecule has 0 unspecified atom stereocenters. The van der Waals surface area contributed by atoms with Crippen LogP contribution < -0.4 is 4.74 Å². The number of benzene rings is 2. The van der Waals surface area contributed by atoms with E-state index in [4.69, 9.17) is 4.74 Å².